The van der Waals surface area contributed by atoms with Crippen molar-refractivity contribution >= 4 is 12.4 Å². The first-order valence-electron chi connectivity index (χ1n) is 10.3. The van der Waals surface area contributed by atoms with E-state index in [1.807, 2.05) is 6.07 Å². The highest BCUT2D eigenvalue weighted by Crippen LogP contribution is 2.21. The molecular weight excluding hydrogens is 376 g/mol. The summed E-state index contributed by atoms with van der Waals surface area (Å²) in [6, 6.07) is 17.4. The van der Waals surface area contributed by atoms with Crippen LogP contribution in [0.1, 0.15) is 41.7 Å². The van der Waals surface area contributed by atoms with Crippen molar-refractivity contribution < 1.29 is 4.79 Å². The van der Waals surface area contributed by atoms with Crippen molar-refractivity contribution in [2.45, 2.75) is 25.8 Å². The Morgan fingerprint density at radius 2 is 1.73 bits per heavy atom. The van der Waals surface area contributed by atoms with Crippen LogP contribution in [0, 0.1) is 0 Å². The Morgan fingerprint density at radius 1 is 1.03 bits per heavy atom. The van der Waals surface area contributed by atoms with E-state index in [0.717, 1.165) is 44.4 Å². The topological polar surface area (TPSA) is 60.1 Å². The minimum atomic E-state index is -0.132. The lowest BCUT2D eigenvalue weighted by Crippen LogP contribution is -2.38. The van der Waals surface area contributed by atoms with Crippen LogP contribution in [0.5, 0.6) is 0 Å². The number of aldehydes is 1. The summed E-state index contributed by atoms with van der Waals surface area (Å²) in [6.45, 7) is 4.99. The fourth-order valence-corrected chi connectivity index (χ4v) is 4.01. The Balaban J connectivity index is 1.38. The zero-order valence-electron chi connectivity index (χ0n) is 17.1. The second-order valence-corrected chi connectivity index (χ2v) is 7.85. The molecule has 2 aromatic carbocycles. The molecule has 0 unspecified atom stereocenters. The molecule has 0 spiro atoms. The second kappa shape index (κ2) is 9.05. The monoisotopic (exact) mass is 402 g/mol. The summed E-state index contributed by atoms with van der Waals surface area (Å²) in [5.74, 6) is 0. The highest BCUT2D eigenvalue weighted by Gasteiger charge is 2.23. The van der Waals surface area contributed by atoms with E-state index in [-0.39, 0.29) is 11.7 Å². The van der Waals surface area contributed by atoms with Crippen molar-refractivity contribution in [3.8, 4) is 5.69 Å². The Morgan fingerprint density at radius 3 is 2.40 bits per heavy atom. The lowest BCUT2D eigenvalue weighted by molar-refractivity contribution is 0.112. The van der Waals surface area contributed by atoms with Gasteiger partial charge >= 0.3 is 5.69 Å². The summed E-state index contributed by atoms with van der Waals surface area (Å²) in [6.07, 6.45) is 6.39. The predicted molar refractivity (Wildman–Crippen MR) is 118 cm³/mol. The van der Waals surface area contributed by atoms with Gasteiger partial charge in [0.05, 0.1) is 11.7 Å². The molecular formula is C24H26N4O2. The smallest absolute Gasteiger partial charge is 0.299 e. The van der Waals surface area contributed by atoms with E-state index >= 15 is 0 Å². The molecule has 0 aliphatic carbocycles. The van der Waals surface area contributed by atoms with Crippen LogP contribution in [0.25, 0.3) is 11.8 Å². The van der Waals surface area contributed by atoms with Gasteiger partial charge in [0.2, 0.25) is 0 Å². The molecule has 0 amide bonds. The van der Waals surface area contributed by atoms with E-state index in [0.29, 0.717) is 5.56 Å². The number of piperidine rings is 1. The Bertz CT molecular complexity index is 1070. The summed E-state index contributed by atoms with van der Waals surface area (Å²) in [4.78, 5) is 26.1. The van der Waals surface area contributed by atoms with Crippen molar-refractivity contribution in [1.82, 2.24) is 19.2 Å². The van der Waals surface area contributed by atoms with Gasteiger partial charge in [0.25, 0.3) is 0 Å². The normalized spacial score (nSPS) is 16.0. The number of nitrogens with zero attached hydrogens (tertiary/aromatic N) is 4. The number of carbonyl (C=O) groups is 1. The van der Waals surface area contributed by atoms with Crippen molar-refractivity contribution in [1.29, 1.82) is 0 Å². The average molecular weight is 402 g/mol. The first-order valence-corrected chi connectivity index (χ1v) is 10.3. The van der Waals surface area contributed by atoms with Crippen LogP contribution >= 0.6 is 0 Å². The Hall–Kier alpha value is -3.25. The maximum Gasteiger partial charge on any atom is 0.350 e. The number of hydrogen-bond acceptors (Lipinski definition) is 4. The first kappa shape index (κ1) is 20.0. The molecule has 0 bridgehead atoms. The van der Waals surface area contributed by atoms with E-state index in [2.05, 4.69) is 47.3 Å². The quantitative estimate of drug-likeness (QED) is 0.591. The number of hydrogen-bond donors (Lipinski definition) is 0. The van der Waals surface area contributed by atoms with Gasteiger partial charge in [-0.3, -0.25) is 9.69 Å². The van der Waals surface area contributed by atoms with Crippen LogP contribution in [-0.4, -0.2) is 45.2 Å². The molecule has 0 atom stereocenters. The molecule has 154 valence electrons. The van der Waals surface area contributed by atoms with E-state index in [9.17, 15) is 9.59 Å². The fourth-order valence-electron chi connectivity index (χ4n) is 4.01. The molecule has 1 aliphatic rings. The summed E-state index contributed by atoms with van der Waals surface area (Å²) in [5, 5.41) is 4.37. The van der Waals surface area contributed by atoms with E-state index in [1.54, 1.807) is 35.3 Å². The summed E-state index contributed by atoms with van der Waals surface area (Å²) in [7, 11) is 0. The number of rotatable bonds is 6. The maximum atomic E-state index is 12.9. The molecule has 1 saturated heterocycles. The van der Waals surface area contributed by atoms with Gasteiger partial charge in [-0.25, -0.2) is 14.0 Å². The fraction of sp³-hybridized carbons (Fsp3) is 0.292. The van der Waals surface area contributed by atoms with Crippen LogP contribution < -0.4 is 5.69 Å². The average Bonchev–Trinajstić information content (AvgIpc) is 3.16. The second-order valence-electron chi connectivity index (χ2n) is 7.85. The van der Waals surface area contributed by atoms with Crippen LogP contribution in [0.15, 0.2) is 71.3 Å². The summed E-state index contributed by atoms with van der Waals surface area (Å²) in [5.41, 5.74) is 3.73. The lowest BCUT2D eigenvalue weighted by Gasteiger charge is -2.31. The summed E-state index contributed by atoms with van der Waals surface area (Å²) < 4.78 is 3.14. The van der Waals surface area contributed by atoms with Gasteiger partial charge in [0, 0.05) is 25.2 Å². The zero-order chi connectivity index (χ0) is 20.9. The minimum Gasteiger partial charge on any atom is -0.299 e. The van der Waals surface area contributed by atoms with Gasteiger partial charge in [-0.1, -0.05) is 42.0 Å². The third-order valence-electron chi connectivity index (χ3n) is 5.59. The van der Waals surface area contributed by atoms with E-state index in [4.69, 9.17) is 0 Å². The maximum absolute atomic E-state index is 12.9. The molecule has 0 saturated carbocycles. The molecule has 1 aromatic heterocycles. The molecule has 6 nitrogen and oxygen atoms in total. The molecule has 2 heterocycles. The molecule has 6 heteroatoms. The van der Waals surface area contributed by atoms with Crippen molar-refractivity contribution in [3.63, 3.8) is 0 Å². The highest BCUT2D eigenvalue weighted by molar-refractivity contribution is 5.75. The zero-order valence-corrected chi connectivity index (χ0v) is 17.1. The van der Waals surface area contributed by atoms with Gasteiger partial charge in [-0.2, -0.15) is 5.10 Å². The molecule has 1 fully saturated rings. The molecule has 30 heavy (non-hydrogen) atoms. The van der Waals surface area contributed by atoms with Crippen LogP contribution in [0.3, 0.4) is 0 Å². The van der Waals surface area contributed by atoms with Gasteiger partial charge in [-0.15, -0.1) is 0 Å². The molecule has 3 aromatic rings. The van der Waals surface area contributed by atoms with E-state index < -0.39 is 0 Å². The molecule has 4 rings (SSSR count). The van der Waals surface area contributed by atoms with Gasteiger partial charge < -0.3 is 0 Å². The van der Waals surface area contributed by atoms with Gasteiger partial charge in [0.15, 0.2) is 0 Å². The van der Waals surface area contributed by atoms with Crippen molar-refractivity contribution in [2.75, 3.05) is 19.6 Å². The van der Waals surface area contributed by atoms with Crippen LogP contribution in [-0.2, 0) is 0 Å². The SMILES string of the molecule is C/C(=C\c1ccccc1)CN1CCC(n2ncn(-c3ccc(C=O)cc3)c2=O)CC1. The van der Waals surface area contributed by atoms with Crippen LogP contribution in [0.4, 0.5) is 0 Å². The summed E-state index contributed by atoms with van der Waals surface area (Å²) >= 11 is 0. The number of aromatic nitrogens is 3. The predicted octanol–water partition coefficient (Wildman–Crippen LogP) is 3.59. The number of likely N-dealkylation sites (tertiary alicyclic amines) is 1. The molecule has 0 N–H and O–H groups in total. The van der Waals surface area contributed by atoms with Crippen LogP contribution in [0.2, 0.25) is 0 Å². The Labute approximate surface area is 176 Å². The van der Waals surface area contributed by atoms with Crippen molar-refractivity contribution in [3.05, 3.63) is 88.1 Å². The molecule has 0 radical (unpaired) electrons. The van der Waals surface area contributed by atoms with Crippen molar-refractivity contribution in [2.24, 2.45) is 0 Å². The minimum absolute atomic E-state index is 0.114. The van der Waals surface area contributed by atoms with Gasteiger partial charge in [-0.05, 0) is 49.6 Å². The molecule has 1 aliphatic heterocycles. The Kier molecular flexibility index (Phi) is 6.05. The largest absolute Gasteiger partial charge is 0.350 e. The van der Waals surface area contributed by atoms with E-state index in [1.165, 1.54) is 15.7 Å². The third kappa shape index (κ3) is 4.49. The number of carbonyl (C=O) groups excluding carboxylic acids is 1. The van der Waals surface area contributed by atoms with Gasteiger partial charge in [0.1, 0.15) is 12.6 Å². The number of benzene rings is 2. The standard InChI is InChI=1S/C24H26N4O2/c1-19(15-20-5-3-2-4-6-20)16-26-13-11-23(12-14-26)28-24(30)27(18-25-28)22-9-7-21(17-29)8-10-22/h2-10,15,17-18,23H,11-14,16H2,1H3/b19-15+. The highest BCUT2D eigenvalue weighted by atomic mass is 16.2. The first-order chi connectivity index (χ1) is 14.6. The third-order valence-corrected chi connectivity index (χ3v) is 5.59. The lowest BCUT2D eigenvalue weighted by atomic mass is 10.0.